The SMILES string of the molecule is CCCNCc1coc(COCCOCCCOC)c1. The van der Waals surface area contributed by atoms with Crippen molar-refractivity contribution in [2.75, 3.05) is 40.1 Å². The van der Waals surface area contributed by atoms with E-state index < -0.39 is 0 Å². The molecule has 116 valence electrons. The van der Waals surface area contributed by atoms with Crippen LogP contribution in [0.1, 0.15) is 31.1 Å². The zero-order chi connectivity index (χ0) is 14.5. The van der Waals surface area contributed by atoms with Crippen molar-refractivity contribution in [2.45, 2.75) is 32.9 Å². The summed E-state index contributed by atoms with van der Waals surface area (Å²) < 4.78 is 21.3. The standard InChI is InChI=1S/C15H27NO4/c1-3-5-16-11-14-10-15(20-12-14)13-19-9-8-18-7-4-6-17-2/h10,12,16H,3-9,11,13H2,1-2H3. The third-order valence-electron chi connectivity index (χ3n) is 2.72. The van der Waals surface area contributed by atoms with E-state index in [4.69, 9.17) is 18.6 Å². The molecule has 0 radical (unpaired) electrons. The highest BCUT2D eigenvalue weighted by molar-refractivity contribution is 5.11. The average molecular weight is 285 g/mol. The normalized spacial score (nSPS) is 11.1. The Hall–Kier alpha value is -0.880. The van der Waals surface area contributed by atoms with E-state index in [-0.39, 0.29) is 0 Å². The van der Waals surface area contributed by atoms with Crippen LogP contribution in [0.15, 0.2) is 16.7 Å². The quantitative estimate of drug-likeness (QED) is 0.564. The molecule has 1 heterocycles. The number of methoxy groups -OCH3 is 1. The van der Waals surface area contributed by atoms with Gasteiger partial charge >= 0.3 is 0 Å². The average Bonchev–Trinajstić information content (AvgIpc) is 2.90. The second-order valence-electron chi connectivity index (χ2n) is 4.61. The first kappa shape index (κ1) is 17.2. The summed E-state index contributed by atoms with van der Waals surface area (Å²) in [6.07, 6.45) is 3.84. The van der Waals surface area contributed by atoms with E-state index in [0.29, 0.717) is 26.4 Å². The maximum absolute atomic E-state index is 5.49. The maximum Gasteiger partial charge on any atom is 0.129 e. The first-order valence-corrected chi connectivity index (χ1v) is 7.28. The van der Waals surface area contributed by atoms with Crippen molar-refractivity contribution >= 4 is 0 Å². The van der Waals surface area contributed by atoms with Crippen molar-refractivity contribution < 1.29 is 18.6 Å². The van der Waals surface area contributed by atoms with Crippen LogP contribution in [0, 0.1) is 0 Å². The van der Waals surface area contributed by atoms with Gasteiger partial charge in [0.1, 0.15) is 12.4 Å². The molecule has 0 saturated heterocycles. The molecule has 1 N–H and O–H groups in total. The zero-order valence-electron chi connectivity index (χ0n) is 12.7. The molecule has 0 aliphatic rings. The highest BCUT2D eigenvalue weighted by Crippen LogP contribution is 2.08. The zero-order valence-corrected chi connectivity index (χ0v) is 12.7. The fraction of sp³-hybridized carbons (Fsp3) is 0.733. The highest BCUT2D eigenvalue weighted by atomic mass is 16.5. The minimum absolute atomic E-state index is 0.495. The lowest BCUT2D eigenvalue weighted by Crippen LogP contribution is -2.13. The molecule has 0 unspecified atom stereocenters. The minimum atomic E-state index is 0.495. The number of hydrogen-bond donors (Lipinski definition) is 1. The van der Waals surface area contributed by atoms with E-state index in [1.54, 1.807) is 13.4 Å². The third kappa shape index (κ3) is 8.32. The van der Waals surface area contributed by atoms with Crippen molar-refractivity contribution in [2.24, 2.45) is 0 Å². The summed E-state index contributed by atoms with van der Waals surface area (Å²) in [6.45, 7) is 7.16. The Kier molecular flexibility index (Phi) is 10.2. The molecule has 5 nitrogen and oxygen atoms in total. The molecule has 1 aromatic rings. The van der Waals surface area contributed by atoms with Crippen LogP contribution in [0.2, 0.25) is 0 Å². The molecule has 0 spiro atoms. The Bertz CT molecular complexity index is 327. The first-order valence-electron chi connectivity index (χ1n) is 7.28. The van der Waals surface area contributed by atoms with Crippen LogP contribution in [0.4, 0.5) is 0 Å². The van der Waals surface area contributed by atoms with Gasteiger partial charge in [-0.05, 0) is 25.5 Å². The number of rotatable bonds is 13. The van der Waals surface area contributed by atoms with Gasteiger partial charge in [0, 0.05) is 32.4 Å². The molecule has 20 heavy (non-hydrogen) atoms. The molecular weight excluding hydrogens is 258 g/mol. The number of ether oxygens (including phenoxy) is 3. The van der Waals surface area contributed by atoms with Crippen molar-refractivity contribution in [3.8, 4) is 0 Å². The summed E-state index contributed by atoms with van der Waals surface area (Å²) in [5.41, 5.74) is 1.16. The molecule has 0 aromatic carbocycles. The van der Waals surface area contributed by atoms with Gasteiger partial charge in [-0.25, -0.2) is 0 Å². The molecule has 0 bridgehead atoms. The topological polar surface area (TPSA) is 52.9 Å². The highest BCUT2D eigenvalue weighted by Gasteiger charge is 2.01. The monoisotopic (exact) mass is 285 g/mol. The smallest absolute Gasteiger partial charge is 0.129 e. The van der Waals surface area contributed by atoms with Crippen LogP contribution >= 0.6 is 0 Å². The summed E-state index contributed by atoms with van der Waals surface area (Å²) in [4.78, 5) is 0. The molecule has 5 heteroatoms. The van der Waals surface area contributed by atoms with E-state index in [0.717, 1.165) is 43.9 Å². The van der Waals surface area contributed by atoms with Gasteiger partial charge in [0.15, 0.2) is 0 Å². The van der Waals surface area contributed by atoms with E-state index >= 15 is 0 Å². The van der Waals surface area contributed by atoms with Crippen LogP contribution < -0.4 is 5.32 Å². The van der Waals surface area contributed by atoms with Gasteiger partial charge in [0.2, 0.25) is 0 Å². The molecule has 1 rings (SSSR count). The number of furan rings is 1. The third-order valence-corrected chi connectivity index (χ3v) is 2.72. The van der Waals surface area contributed by atoms with Crippen LogP contribution in [0.25, 0.3) is 0 Å². The van der Waals surface area contributed by atoms with E-state index in [2.05, 4.69) is 12.2 Å². The molecule has 0 aliphatic heterocycles. The number of nitrogens with one attached hydrogen (secondary N) is 1. The van der Waals surface area contributed by atoms with Crippen LogP contribution in [-0.4, -0.2) is 40.1 Å². The Labute approximate surface area is 121 Å². The molecule has 0 aliphatic carbocycles. The minimum Gasteiger partial charge on any atom is -0.467 e. The second kappa shape index (κ2) is 11.9. The summed E-state index contributed by atoms with van der Waals surface area (Å²) >= 11 is 0. The Morgan fingerprint density at radius 1 is 1.15 bits per heavy atom. The second-order valence-corrected chi connectivity index (χ2v) is 4.61. The predicted molar refractivity (Wildman–Crippen MR) is 77.7 cm³/mol. The van der Waals surface area contributed by atoms with Gasteiger partial charge in [-0.3, -0.25) is 0 Å². The summed E-state index contributed by atoms with van der Waals surface area (Å²) in [5, 5.41) is 3.33. The molecule has 0 fully saturated rings. The summed E-state index contributed by atoms with van der Waals surface area (Å²) in [6, 6.07) is 2.03. The number of hydrogen-bond acceptors (Lipinski definition) is 5. The predicted octanol–water partition coefficient (Wildman–Crippen LogP) is 2.35. The molecule has 0 amide bonds. The molecule has 0 saturated carbocycles. The van der Waals surface area contributed by atoms with Crippen molar-refractivity contribution in [3.05, 3.63) is 23.7 Å². The van der Waals surface area contributed by atoms with Crippen LogP contribution in [0.5, 0.6) is 0 Å². The van der Waals surface area contributed by atoms with Gasteiger partial charge in [-0.2, -0.15) is 0 Å². The fourth-order valence-electron chi connectivity index (χ4n) is 1.70. The van der Waals surface area contributed by atoms with Crippen molar-refractivity contribution in [1.29, 1.82) is 0 Å². The van der Waals surface area contributed by atoms with Gasteiger partial charge < -0.3 is 23.9 Å². The van der Waals surface area contributed by atoms with Crippen molar-refractivity contribution in [1.82, 2.24) is 5.32 Å². The largest absolute Gasteiger partial charge is 0.467 e. The van der Waals surface area contributed by atoms with Gasteiger partial charge in [0.05, 0.1) is 19.5 Å². The first-order chi connectivity index (χ1) is 9.86. The maximum atomic E-state index is 5.49. The van der Waals surface area contributed by atoms with E-state index in [9.17, 15) is 0 Å². The van der Waals surface area contributed by atoms with Gasteiger partial charge in [-0.15, -0.1) is 0 Å². The lowest BCUT2D eigenvalue weighted by Gasteiger charge is -2.04. The Morgan fingerprint density at radius 2 is 2.00 bits per heavy atom. The Morgan fingerprint density at radius 3 is 2.80 bits per heavy atom. The lowest BCUT2D eigenvalue weighted by molar-refractivity contribution is 0.0287. The molecule has 0 atom stereocenters. The summed E-state index contributed by atoms with van der Waals surface area (Å²) in [5.74, 6) is 0.859. The molecular formula is C15H27NO4. The van der Waals surface area contributed by atoms with Crippen LogP contribution in [0.3, 0.4) is 0 Å². The van der Waals surface area contributed by atoms with E-state index in [1.807, 2.05) is 6.07 Å². The van der Waals surface area contributed by atoms with E-state index in [1.165, 1.54) is 0 Å². The lowest BCUT2D eigenvalue weighted by atomic mass is 10.3. The van der Waals surface area contributed by atoms with Crippen molar-refractivity contribution in [3.63, 3.8) is 0 Å². The fourth-order valence-corrected chi connectivity index (χ4v) is 1.70. The van der Waals surface area contributed by atoms with Crippen LogP contribution in [-0.2, 0) is 27.4 Å². The van der Waals surface area contributed by atoms with Gasteiger partial charge in [-0.1, -0.05) is 6.92 Å². The van der Waals surface area contributed by atoms with Gasteiger partial charge in [0.25, 0.3) is 0 Å². The Balaban J connectivity index is 1.99. The molecule has 1 aromatic heterocycles. The summed E-state index contributed by atoms with van der Waals surface area (Å²) in [7, 11) is 1.69.